The van der Waals surface area contributed by atoms with Crippen molar-refractivity contribution in [1.29, 1.82) is 0 Å². The van der Waals surface area contributed by atoms with Gasteiger partial charge in [-0.3, -0.25) is 4.79 Å². The number of carbonyl (C=O) groups excluding carboxylic acids is 1. The second-order valence-corrected chi connectivity index (χ2v) is 8.08. The number of nitrogens with zero attached hydrogens (tertiary/aromatic N) is 1. The Morgan fingerprint density at radius 1 is 1.18 bits per heavy atom. The van der Waals surface area contributed by atoms with Crippen molar-refractivity contribution < 1.29 is 9.90 Å². The van der Waals surface area contributed by atoms with Crippen molar-refractivity contribution in [1.82, 2.24) is 4.98 Å². The van der Waals surface area contributed by atoms with Gasteiger partial charge in [-0.25, -0.2) is 4.98 Å². The number of aliphatic hydroxyl groups is 1. The predicted molar refractivity (Wildman–Crippen MR) is 117 cm³/mol. The van der Waals surface area contributed by atoms with Gasteiger partial charge in [0.15, 0.2) is 0 Å². The minimum absolute atomic E-state index is 0.170. The summed E-state index contributed by atoms with van der Waals surface area (Å²) in [6, 6.07) is 7.80. The zero-order valence-electron chi connectivity index (χ0n) is 16.6. The molecule has 1 aliphatic rings. The van der Waals surface area contributed by atoms with E-state index >= 15 is 0 Å². The Balaban J connectivity index is 1.77. The lowest BCUT2D eigenvalue weighted by Gasteiger charge is -2.16. The number of hydrogen-bond acceptors (Lipinski definition) is 4. The Kier molecular flexibility index (Phi) is 7.04. The lowest BCUT2D eigenvalue weighted by molar-refractivity contribution is 0.102. The first kappa shape index (κ1) is 20.3. The molecule has 0 spiro atoms. The molecule has 3 rings (SSSR count). The zero-order chi connectivity index (χ0) is 19.9. The maximum atomic E-state index is 12.8. The van der Waals surface area contributed by atoms with Crippen LogP contribution < -0.4 is 5.32 Å². The van der Waals surface area contributed by atoms with Crippen LogP contribution in [0.2, 0.25) is 0 Å². The largest absolute Gasteiger partial charge is 0.512 e. The lowest BCUT2D eigenvalue weighted by Crippen LogP contribution is -2.14. The van der Waals surface area contributed by atoms with E-state index in [2.05, 4.69) is 24.1 Å². The third kappa shape index (κ3) is 4.90. The van der Waals surface area contributed by atoms with Crippen molar-refractivity contribution in [2.75, 3.05) is 5.32 Å². The third-order valence-corrected chi connectivity index (χ3v) is 6.03. The number of thiazole rings is 1. The molecule has 0 aliphatic heterocycles. The molecule has 0 fully saturated rings. The first-order chi connectivity index (χ1) is 13.6. The molecule has 1 aliphatic carbocycles. The fraction of sp³-hybridized carbons (Fsp3) is 0.391. The summed E-state index contributed by atoms with van der Waals surface area (Å²) in [5.74, 6) is 0.672. The van der Waals surface area contributed by atoms with Crippen LogP contribution in [-0.2, 0) is 0 Å². The smallest absolute Gasteiger partial charge is 0.275 e. The van der Waals surface area contributed by atoms with Gasteiger partial charge in [0, 0.05) is 29.0 Å². The van der Waals surface area contributed by atoms with Gasteiger partial charge in [-0.05, 0) is 37.0 Å². The van der Waals surface area contributed by atoms with Crippen molar-refractivity contribution in [3.8, 4) is 0 Å². The van der Waals surface area contributed by atoms with Crippen molar-refractivity contribution in [2.24, 2.45) is 0 Å². The number of carbonyl (C=O) groups is 1. The van der Waals surface area contributed by atoms with Crippen LogP contribution in [0.25, 0.3) is 5.57 Å². The summed E-state index contributed by atoms with van der Waals surface area (Å²) in [7, 11) is 0. The van der Waals surface area contributed by atoms with Crippen LogP contribution in [0.3, 0.4) is 0 Å². The van der Waals surface area contributed by atoms with Crippen LogP contribution in [0.5, 0.6) is 0 Å². The molecule has 0 radical (unpaired) electrons. The number of allylic oxidation sites excluding steroid dienone is 4. The highest BCUT2D eigenvalue weighted by Gasteiger charge is 2.19. The molecule has 28 heavy (non-hydrogen) atoms. The SMILES string of the molecule is CCCC(CCC)c1nc(C(=O)Nc2ccccc2C2=CC=C(O)CC2)cs1. The highest BCUT2D eigenvalue weighted by atomic mass is 32.1. The van der Waals surface area contributed by atoms with Crippen molar-refractivity contribution in [3.63, 3.8) is 0 Å². The third-order valence-electron chi connectivity index (χ3n) is 5.03. The topological polar surface area (TPSA) is 62.2 Å². The number of aliphatic hydroxyl groups excluding tert-OH is 1. The summed E-state index contributed by atoms with van der Waals surface area (Å²) >= 11 is 1.59. The molecule has 4 nitrogen and oxygen atoms in total. The average Bonchev–Trinajstić information content (AvgIpc) is 3.19. The van der Waals surface area contributed by atoms with Gasteiger partial charge >= 0.3 is 0 Å². The number of amides is 1. The van der Waals surface area contributed by atoms with Crippen molar-refractivity contribution in [3.05, 3.63) is 63.8 Å². The zero-order valence-corrected chi connectivity index (χ0v) is 17.4. The fourth-order valence-electron chi connectivity index (χ4n) is 3.58. The van der Waals surface area contributed by atoms with Gasteiger partial charge < -0.3 is 10.4 Å². The molecule has 2 N–H and O–H groups in total. The van der Waals surface area contributed by atoms with Crippen LogP contribution in [0.15, 0.2) is 47.6 Å². The summed E-state index contributed by atoms with van der Waals surface area (Å²) in [4.78, 5) is 17.5. The van der Waals surface area contributed by atoms with E-state index in [-0.39, 0.29) is 5.91 Å². The summed E-state index contributed by atoms with van der Waals surface area (Å²) in [5, 5.41) is 15.6. The van der Waals surface area contributed by atoms with E-state index in [9.17, 15) is 9.90 Å². The van der Waals surface area contributed by atoms with Crippen molar-refractivity contribution >= 4 is 28.5 Å². The highest BCUT2D eigenvalue weighted by molar-refractivity contribution is 7.09. The molecule has 0 unspecified atom stereocenters. The Labute approximate surface area is 171 Å². The lowest BCUT2D eigenvalue weighted by atomic mass is 9.95. The summed E-state index contributed by atoms with van der Waals surface area (Å²) in [5.41, 5.74) is 3.37. The van der Waals surface area contributed by atoms with Gasteiger partial charge in [0.25, 0.3) is 5.91 Å². The van der Waals surface area contributed by atoms with Crippen LogP contribution in [0, 0.1) is 0 Å². The van der Waals surface area contributed by atoms with E-state index in [1.54, 1.807) is 17.4 Å². The van der Waals surface area contributed by atoms with E-state index in [0.29, 0.717) is 23.8 Å². The quantitative estimate of drug-likeness (QED) is 0.522. The van der Waals surface area contributed by atoms with E-state index in [1.807, 2.05) is 35.7 Å². The maximum absolute atomic E-state index is 12.8. The fourth-order valence-corrected chi connectivity index (χ4v) is 4.55. The monoisotopic (exact) mass is 396 g/mol. The number of para-hydroxylation sites is 1. The van der Waals surface area contributed by atoms with Gasteiger partial charge in [0.1, 0.15) is 5.69 Å². The molecule has 1 aromatic carbocycles. The molecule has 0 saturated heterocycles. The normalized spacial score (nSPS) is 14.0. The summed E-state index contributed by atoms with van der Waals surface area (Å²) in [6.07, 6.45) is 9.50. The maximum Gasteiger partial charge on any atom is 0.275 e. The van der Waals surface area contributed by atoms with Crippen LogP contribution in [0.4, 0.5) is 5.69 Å². The molecule has 2 aromatic rings. The first-order valence-corrected chi connectivity index (χ1v) is 10.9. The number of aromatic nitrogens is 1. The standard InChI is InChI=1S/C23H28N2O2S/c1-3-7-17(8-4-2)23-25-21(15-28-23)22(27)24-20-10-6-5-9-19(20)16-11-13-18(26)14-12-16/h5-6,9-11,13,15,17,26H,3-4,7-8,12,14H2,1-2H3,(H,24,27). The van der Waals surface area contributed by atoms with Crippen LogP contribution in [0.1, 0.15) is 79.3 Å². The second-order valence-electron chi connectivity index (χ2n) is 7.19. The molecule has 0 atom stereocenters. The van der Waals surface area contributed by atoms with Crippen LogP contribution >= 0.6 is 11.3 Å². The highest BCUT2D eigenvalue weighted by Crippen LogP contribution is 2.32. The summed E-state index contributed by atoms with van der Waals surface area (Å²) < 4.78 is 0. The van der Waals surface area contributed by atoms with E-state index in [1.165, 1.54) is 0 Å². The van der Waals surface area contributed by atoms with Gasteiger partial charge in [0.2, 0.25) is 0 Å². The van der Waals surface area contributed by atoms with Gasteiger partial charge in [-0.2, -0.15) is 0 Å². The molecule has 148 valence electrons. The average molecular weight is 397 g/mol. The Morgan fingerprint density at radius 2 is 1.93 bits per heavy atom. The molecular weight excluding hydrogens is 368 g/mol. The molecule has 1 amide bonds. The molecule has 1 aromatic heterocycles. The number of nitrogens with one attached hydrogen (secondary N) is 1. The molecule has 0 bridgehead atoms. The molecular formula is C23H28N2O2S. The number of anilines is 1. The molecule has 1 heterocycles. The molecule has 0 saturated carbocycles. The van der Waals surface area contributed by atoms with Crippen molar-refractivity contribution in [2.45, 2.75) is 58.3 Å². The van der Waals surface area contributed by atoms with E-state index in [4.69, 9.17) is 0 Å². The minimum atomic E-state index is -0.170. The predicted octanol–water partition coefficient (Wildman–Crippen LogP) is 6.70. The number of hydrogen-bond donors (Lipinski definition) is 2. The Hall–Kier alpha value is -2.40. The molecule has 5 heteroatoms. The number of benzene rings is 1. The Morgan fingerprint density at radius 3 is 2.61 bits per heavy atom. The Bertz CT molecular complexity index is 876. The van der Waals surface area contributed by atoms with Crippen LogP contribution in [-0.4, -0.2) is 16.0 Å². The van der Waals surface area contributed by atoms with E-state index < -0.39 is 0 Å². The summed E-state index contributed by atoms with van der Waals surface area (Å²) in [6.45, 7) is 4.38. The van der Waals surface area contributed by atoms with Gasteiger partial charge in [-0.15, -0.1) is 11.3 Å². The van der Waals surface area contributed by atoms with Gasteiger partial charge in [0.05, 0.1) is 10.8 Å². The van der Waals surface area contributed by atoms with E-state index in [0.717, 1.165) is 53.9 Å². The number of rotatable bonds is 8. The van der Waals surface area contributed by atoms with Gasteiger partial charge in [-0.1, -0.05) is 51.0 Å². The first-order valence-electron chi connectivity index (χ1n) is 10.1. The second kappa shape index (κ2) is 9.69. The minimum Gasteiger partial charge on any atom is -0.512 e.